The van der Waals surface area contributed by atoms with Gasteiger partial charge in [-0.3, -0.25) is 4.90 Å². The van der Waals surface area contributed by atoms with Gasteiger partial charge in [0.25, 0.3) is 0 Å². The highest BCUT2D eigenvalue weighted by Gasteiger charge is 2.43. The number of rotatable bonds is 2. The maximum absolute atomic E-state index is 5.66. The van der Waals surface area contributed by atoms with Crippen molar-refractivity contribution in [1.29, 1.82) is 0 Å². The Morgan fingerprint density at radius 1 is 1.24 bits per heavy atom. The van der Waals surface area contributed by atoms with Crippen molar-refractivity contribution in [2.45, 2.75) is 50.6 Å². The van der Waals surface area contributed by atoms with Crippen molar-refractivity contribution in [3.05, 3.63) is 0 Å². The second-order valence-electron chi connectivity index (χ2n) is 6.31. The van der Waals surface area contributed by atoms with Crippen molar-refractivity contribution >= 4 is 0 Å². The fourth-order valence-electron chi connectivity index (χ4n) is 3.53. The first-order valence-electron chi connectivity index (χ1n) is 7.35. The van der Waals surface area contributed by atoms with Crippen molar-refractivity contribution in [2.75, 3.05) is 32.8 Å². The van der Waals surface area contributed by atoms with Crippen molar-refractivity contribution in [3.63, 3.8) is 0 Å². The SMILES string of the molecule is CC1(C2CC2)CN(C2CCCOC2)CCCN1. The summed E-state index contributed by atoms with van der Waals surface area (Å²) in [5.41, 5.74) is 0.369. The van der Waals surface area contributed by atoms with Crippen molar-refractivity contribution in [3.8, 4) is 0 Å². The van der Waals surface area contributed by atoms with E-state index in [1.165, 1.54) is 51.7 Å². The maximum atomic E-state index is 5.66. The Morgan fingerprint density at radius 3 is 2.82 bits per heavy atom. The standard InChI is InChI=1S/C14H26N2O/c1-14(12-5-6-12)11-16(8-3-7-15-14)13-4-2-9-17-10-13/h12-13,15H,2-11H2,1H3. The molecule has 3 rings (SSSR count). The summed E-state index contributed by atoms with van der Waals surface area (Å²) in [7, 11) is 0. The molecule has 1 aliphatic carbocycles. The molecule has 3 heteroatoms. The number of nitrogens with zero attached hydrogens (tertiary/aromatic N) is 1. The summed E-state index contributed by atoms with van der Waals surface area (Å²) in [6.07, 6.45) is 6.73. The molecule has 0 bridgehead atoms. The highest BCUT2D eigenvalue weighted by atomic mass is 16.5. The van der Waals surface area contributed by atoms with Gasteiger partial charge in [0.05, 0.1) is 6.61 Å². The number of hydrogen-bond acceptors (Lipinski definition) is 3. The Balaban J connectivity index is 1.66. The minimum absolute atomic E-state index is 0.369. The van der Waals surface area contributed by atoms with Crippen LogP contribution in [0.25, 0.3) is 0 Å². The van der Waals surface area contributed by atoms with Crippen molar-refractivity contribution < 1.29 is 4.74 Å². The third-order valence-corrected chi connectivity index (χ3v) is 4.81. The highest BCUT2D eigenvalue weighted by molar-refractivity contribution is 5.01. The molecular weight excluding hydrogens is 212 g/mol. The third kappa shape index (κ3) is 2.67. The molecule has 0 spiro atoms. The van der Waals surface area contributed by atoms with E-state index in [0.29, 0.717) is 11.6 Å². The quantitative estimate of drug-likeness (QED) is 0.791. The van der Waals surface area contributed by atoms with Crippen LogP contribution in [0.4, 0.5) is 0 Å². The van der Waals surface area contributed by atoms with Crippen LogP contribution in [0.3, 0.4) is 0 Å². The maximum Gasteiger partial charge on any atom is 0.0621 e. The number of hydrogen-bond donors (Lipinski definition) is 1. The number of ether oxygens (including phenoxy) is 1. The van der Waals surface area contributed by atoms with Crippen LogP contribution >= 0.6 is 0 Å². The zero-order chi connectivity index (χ0) is 11.7. The van der Waals surface area contributed by atoms with Gasteiger partial charge >= 0.3 is 0 Å². The molecule has 17 heavy (non-hydrogen) atoms. The Hall–Kier alpha value is -0.120. The lowest BCUT2D eigenvalue weighted by Gasteiger charge is -2.39. The van der Waals surface area contributed by atoms with Crippen LogP contribution in [-0.2, 0) is 4.74 Å². The second kappa shape index (κ2) is 4.87. The summed E-state index contributed by atoms with van der Waals surface area (Å²) in [4.78, 5) is 2.71. The van der Waals surface area contributed by atoms with Crippen LogP contribution in [0.2, 0.25) is 0 Å². The smallest absolute Gasteiger partial charge is 0.0621 e. The van der Waals surface area contributed by atoms with Gasteiger partial charge in [-0.05, 0) is 58.0 Å². The molecule has 2 saturated heterocycles. The fraction of sp³-hybridized carbons (Fsp3) is 1.00. The summed E-state index contributed by atoms with van der Waals surface area (Å²) in [5.74, 6) is 0.924. The summed E-state index contributed by atoms with van der Waals surface area (Å²) >= 11 is 0. The summed E-state index contributed by atoms with van der Waals surface area (Å²) in [6.45, 7) is 8.04. The topological polar surface area (TPSA) is 24.5 Å². The monoisotopic (exact) mass is 238 g/mol. The molecule has 3 aliphatic rings. The third-order valence-electron chi connectivity index (χ3n) is 4.81. The van der Waals surface area contributed by atoms with E-state index in [9.17, 15) is 0 Å². The van der Waals surface area contributed by atoms with E-state index >= 15 is 0 Å². The Bertz CT molecular complexity index is 261. The van der Waals surface area contributed by atoms with Crippen LogP contribution in [0, 0.1) is 5.92 Å². The molecule has 2 aliphatic heterocycles. The van der Waals surface area contributed by atoms with Gasteiger partial charge in [-0.1, -0.05) is 0 Å². The first-order valence-corrected chi connectivity index (χ1v) is 7.35. The molecule has 0 aromatic rings. The molecule has 0 amide bonds. The van der Waals surface area contributed by atoms with Gasteiger partial charge in [-0.2, -0.15) is 0 Å². The van der Waals surface area contributed by atoms with Crippen molar-refractivity contribution in [2.24, 2.45) is 5.92 Å². The van der Waals surface area contributed by atoms with Gasteiger partial charge in [0.2, 0.25) is 0 Å². The van der Waals surface area contributed by atoms with Gasteiger partial charge in [0.1, 0.15) is 0 Å². The zero-order valence-corrected chi connectivity index (χ0v) is 11.1. The molecule has 1 N–H and O–H groups in total. The predicted molar refractivity (Wildman–Crippen MR) is 69.2 cm³/mol. The molecule has 3 fully saturated rings. The van der Waals surface area contributed by atoms with E-state index in [2.05, 4.69) is 17.1 Å². The lowest BCUT2D eigenvalue weighted by atomic mass is 9.94. The first-order chi connectivity index (χ1) is 8.28. The molecule has 2 heterocycles. The largest absolute Gasteiger partial charge is 0.380 e. The van der Waals surface area contributed by atoms with E-state index in [1.54, 1.807) is 0 Å². The zero-order valence-electron chi connectivity index (χ0n) is 11.1. The first kappa shape index (κ1) is 11.9. The van der Waals surface area contributed by atoms with Crippen molar-refractivity contribution in [1.82, 2.24) is 10.2 Å². The van der Waals surface area contributed by atoms with E-state index in [0.717, 1.165) is 19.1 Å². The normalized spacial score (nSPS) is 41.1. The summed E-state index contributed by atoms with van der Waals surface area (Å²) in [5, 5.41) is 3.81. The Morgan fingerprint density at radius 2 is 2.12 bits per heavy atom. The van der Waals surface area contributed by atoms with Crippen LogP contribution in [0.5, 0.6) is 0 Å². The van der Waals surface area contributed by atoms with Gasteiger partial charge in [-0.25, -0.2) is 0 Å². The Labute approximate surface area is 105 Å². The van der Waals surface area contributed by atoms with Crippen LogP contribution in [0.15, 0.2) is 0 Å². The minimum atomic E-state index is 0.369. The van der Waals surface area contributed by atoms with Crippen LogP contribution < -0.4 is 5.32 Å². The molecule has 1 saturated carbocycles. The molecular formula is C14H26N2O. The molecule has 3 nitrogen and oxygen atoms in total. The van der Waals surface area contributed by atoms with E-state index in [-0.39, 0.29) is 0 Å². The van der Waals surface area contributed by atoms with Gasteiger partial charge in [0, 0.05) is 24.7 Å². The average molecular weight is 238 g/mol. The summed E-state index contributed by atoms with van der Waals surface area (Å²) < 4.78 is 5.66. The predicted octanol–water partition coefficient (Wildman–Crippen LogP) is 1.63. The highest BCUT2D eigenvalue weighted by Crippen LogP contribution is 2.41. The second-order valence-corrected chi connectivity index (χ2v) is 6.31. The van der Waals surface area contributed by atoms with Crippen LogP contribution in [-0.4, -0.2) is 49.3 Å². The number of nitrogens with one attached hydrogen (secondary N) is 1. The minimum Gasteiger partial charge on any atom is -0.380 e. The lowest BCUT2D eigenvalue weighted by molar-refractivity contribution is 0.0108. The fourth-order valence-corrected chi connectivity index (χ4v) is 3.53. The summed E-state index contributed by atoms with van der Waals surface area (Å²) in [6, 6.07) is 0.682. The molecule has 2 unspecified atom stereocenters. The molecule has 0 aromatic heterocycles. The lowest BCUT2D eigenvalue weighted by Crippen LogP contribution is -2.54. The van der Waals surface area contributed by atoms with Gasteiger partial charge in [0.15, 0.2) is 0 Å². The van der Waals surface area contributed by atoms with E-state index in [4.69, 9.17) is 4.74 Å². The molecule has 2 atom stereocenters. The van der Waals surface area contributed by atoms with Gasteiger partial charge < -0.3 is 10.1 Å². The molecule has 0 aromatic carbocycles. The van der Waals surface area contributed by atoms with E-state index in [1.807, 2.05) is 0 Å². The van der Waals surface area contributed by atoms with Gasteiger partial charge in [-0.15, -0.1) is 0 Å². The average Bonchev–Trinajstić information content (AvgIpc) is 3.17. The molecule has 98 valence electrons. The van der Waals surface area contributed by atoms with E-state index < -0.39 is 0 Å². The Kier molecular flexibility index (Phi) is 3.42. The van der Waals surface area contributed by atoms with Crippen LogP contribution in [0.1, 0.15) is 39.0 Å². The molecule has 0 radical (unpaired) electrons.